The minimum absolute atomic E-state index is 0.00712. The second-order valence-corrected chi connectivity index (χ2v) is 6.91. The highest BCUT2D eigenvalue weighted by Crippen LogP contribution is 2.18. The molecule has 0 radical (unpaired) electrons. The van der Waals surface area contributed by atoms with E-state index in [-0.39, 0.29) is 11.9 Å². The summed E-state index contributed by atoms with van der Waals surface area (Å²) in [5.41, 5.74) is 2.27. The highest BCUT2D eigenvalue weighted by atomic mass is 32.2. The minimum Gasteiger partial charge on any atom is -0.465 e. The van der Waals surface area contributed by atoms with Gasteiger partial charge in [-0.3, -0.25) is 4.79 Å². The monoisotopic (exact) mass is 373 g/mol. The van der Waals surface area contributed by atoms with E-state index in [0.29, 0.717) is 23.6 Å². The number of methoxy groups -OCH3 is 1. The molecular formula is C20H23NO4S. The third-order valence-electron chi connectivity index (χ3n) is 3.91. The number of rotatable bonds is 8. The van der Waals surface area contributed by atoms with Crippen molar-refractivity contribution in [3.63, 3.8) is 0 Å². The molecule has 0 fully saturated rings. The van der Waals surface area contributed by atoms with Crippen molar-refractivity contribution in [3.8, 4) is 0 Å². The summed E-state index contributed by atoms with van der Waals surface area (Å²) in [6.45, 7) is 0.460. The Morgan fingerprint density at radius 2 is 1.77 bits per heavy atom. The van der Waals surface area contributed by atoms with Crippen molar-refractivity contribution in [2.75, 3.05) is 25.7 Å². The van der Waals surface area contributed by atoms with Crippen molar-refractivity contribution < 1.29 is 19.4 Å². The van der Waals surface area contributed by atoms with E-state index in [9.17, 15) is 14.7 Å². The van der Waals surface area contributed by atoms with E-state index in [1.54, 1.807) is 24.1 Å². The molecule has 0 aliphatic heterocycles. The largest absolute Gasteiger partial charge is 0.465 e. The van der Waals surface area contributed by atoms with E-state index in [1.807, 2.05) is 42.5 Å². The molecule has 26 heavy (non-hydrogen) atoms. The molecule has 1 amide bonds. The van der Waals surface area contributed by atoms with Gasteiger partial charge in [0.25, 0.3) is 0 Å². The van der Waals surface area contributed by atoms with Crippen LogP contribution in [0.25, 0.3) is 0 Å². The third-order valence-corrected chi connectivity index (χ3v) is 4.91. The van der Waals surface area contributed by atoms with Crippen LogP contribution in [0.4, 0.5) is 0 Å². The third kappa shape index (κ3) is 5.89. The summed E-state index contributed by atoms with van der Waals surface area (Å²) in [6, 6.07) is 16.4. The van der Waals surface area contributed by atoms with Gasteiger partial charge in [0.2, 0.25) is 5.91 Å². The molecule has 0 heterocycles. The van der Waals surface area contributed by atoms with E-state index in [1.165, 1.54) is 18.9 Å². The Morgan fingerprint density at radius 1 is 1.12 bits per heavy atom. The summed E-state index contributed by atoms with van der Waals surface area (Å²) in [4.78, 5) is 25.3. The molecule has 138 valence electrons. The maximum atomic E-state index is 12.2. The lowest BCUT2D eigenvalue weighted by molar-refractivity contribution is -0.127. The van der Waals surface area contributed by atoms with Crippen LogP contribution >= 0.6 is 11.8 Å². The first kappa shape index (κ1) is 20.0. The maximum absolute atomic E-state index is 12.2. The predicted octanol–water partition coefficient (Wildman–Crippen LogP) is 2.90. The van der Waals surface area contributed by atoms with Crippen LogP contribution in [0.15, 0.2) is 54.6 Å². The summed E-state index contributed by atoms with van der Waals surface area (Å²) < 4.78 is 4.66. The van der Waals surface area contributed by atoms with Gasteiger partial charge in [-0.15, -0.1) is 11.8 Å². The average molecular weight is 373 g/mol. The van der Waals surface area contributed by atoms with E-state index in [4.69, 9.17) is 0 Å². The number of amides is 1. The van der Waals surface area contributed by atoms with Gasteiger partial charge in [0.1, 0.15) is 0 Å². The molecule has 2 rings (SSSR count). The number of hydrogen-bond acceptors (Lipinski definition) is 5. The number of thioether (sulfide) groups is 1. The summed E-state index contributed by atoms with van der Waals surface area (Å²) >= 11 is 1.41. The van der Waals surface area contributed by atoms with Crippen LogP contribution in [-0.4, -0.2) is 47.5 Å². The lowest BCUT2D eigenvalue weighted by Crippen LogP contribution is -2.28. The minimum atomic E-state index is -0.579. The van der Waals surface area contributed by atoms with Crippen molar-refractivity contribution >= 4 is 23.6 Å². The molecule has 6 heteroatoms. The van der Waals surface area contributed by atoms with E-state index in [0.717, 1.165) is 11.1 Å². The Hall–Kier alpha value is -2.31. The average Bonchev–Trinajstić information content (AvgIpc) is 2.68. The highest BCUT2D eigenvalue weighted by Gasteiger charge is 2.13. The summed E-state index contributed by atoms with van der Waals surface area (Å²) in [7, 11) is 3.08. The van der Waals surface area contributed by atoms with Gasteiger partial charge in [-0.25, -0.2) is 4.79 Å². The number of esters is 1. The van der Waals surface area contributed by atoms with E-state index < -0.39 is 6.10 Å². The van der Waals surface area contributed by atoms with Gasteiger partial charge in [-0.1, -0.05) is 42.5 Å². The predicted molar refractivity (Wildman–Crippen MR) is 103 cm³/mol. The Labute approximate surface area is 158 Å². The van der Waals surface area contributed by atoms with Crippen molar-refractivity contribution in [1.82, 2.24) is 4.90 Å². The van der Waals surface area contributed by atoms with Crippen LogP contribution in [0.5, 0.6) is 0 Å². The van der Waals surface area contributed by atoms with Gasteiger partial charge in [0.05, 0.1) is 24.5 Å². The molecule has 0 saturated heterocycles. The second kappa shape index (κ2) is 9.99. The van der Waals surface area contributed by atoms with Gasteiger partial charge in [0, 0.05) is 19.3 Å². The molecule has 2 aromatic rings. The van der Waals surface area contributed by atoms with Crippen LogP contribution in [0.3, 0.4) is 0 Å². The topological polar surface area (TPSA) is 66.8 Å². The second-order valence-electron chi connectivity index (χ2n) is 5.88. The number of hydrogen-bond donors (Lipinski definition) is 1. The quantitative estimate of drug-likeness (QED) is 0.721. The van der Waals surface area contributed by atoms with E-state index >= 15 is 0 Å². The lowest BCUT2D eigenvalue weighted by atomic mass is 10.1. The Bertz CT molecular complexity index is 718. The summed E-state index contributed by atoms with van der Waals surface area (Å²) in [5, 5.41) is 10.1. The molecule has 0 aromatic heterocycles. The first-order valence-corrected chi connectivity index (χ1v) is 9.38. The van der Waals surface area contributed by atoms with Crippen molar-refractivity contribution in [1.29, 1.82) is 0 Å². The van der Waals surface area contributed by atoms with Crippen molar-refractivity contribution in [3.05, 3.63) is 71.3 Å². The number of aliphatic hydroxyl groups is 1. The number of nitrogens with zero attached hydrogens (tertiary/aromatic N) is 1. The molecule has 2 aromatic carbocycles. The number of carbonyl (C=O) groups excluding carboxylic acids is 2. The number of benzene rings is 2. The number of aliphatic hydroxyl groups excluding tert-OH is 1. The fourth-order valence-electron chi connectivity index (χ4n) is 2.37. The van der Waals surface area contributed by atoms with Crippen LogP contribution in [0, 0.1) is 0 Å². The molecule has 1 unspecified atom stereocenters. The molecule has 0 aliphatic carbocycles. The molecule has 0 spiro atoms. The summed E-state index contributed by atoms with van der Waals surface area (Å²) in [6.07, 6.45) is -0.579. The number of ether oxygens (including phenoxy) is 1. The molecular weight excluding hydrogens is 350 g/mol. The van der Waals surface area contributed by atoms with Gasteiger partial charge in [-0.2, -0.15) is 0 Å². The SMILES string of the molecule is COC(=O)c1ccc(CN(C)C(=O)CSCC(O)c2ccccc2)cc1. The zero-order valence-electron chi connectivity index (χ0n) is 14.9. The number of carbonyl (C=O) groups is 2. The fraction of sp³-hybridized carbons (Fsp3) is 0.300. The first-order valence-electron chi connectivity index (χ1n) is 8.23. The van der Waals surface area contributed by atoms with Gasteiger partial charge >= 0.3 is 5.97 Å². The molecule has 0 saturated carbocycles. The molecule has 1 atom stereocenters. The Morgan fingerprint density at radius 3 is 2.38 bits per heavy atom. The standard InChI is InChI=1S/C20H23NO4S/c1-21(12-15-8-10-17(11-9-15)20(24)25-2)19(23)14-26-13-18(22)16-6-4-3-5-7-16/h3-11,18,22H,12-14H2,1-2H3. The van der Waals surface area contributed by atoms with E-state index in [2.05, 4.69) is 4.74 Å². The zero-order valence-corrected chi connectivity index (χ0v) is 15.7. The Balaban J connectivity index is 1.77. The van der Waals surface area contributed by atoms with Crippen LogP contribution in [0.1, 0.15) is 27.6 Å². The first-order chi connectivity index (χ1) is 12.5. The van der Waals surface area contributed by atoms with Crippen LogP contribution in [-0.2, 0) is 16.1 Å². The molecule has 0 bridgehead atoms. The lowest BCUT2D eigenvalue weighted by Gasteiger charge is -2.18. The van der Waals surface area contributed by atoms with Crippen LogP contribution < -0.4 is 0 Å². The molecule has 5 nitrogen and oxygen atoms in total. The van der Waals surface area contributed by atoms with Gasteiger partial charge in [0.15, 0.2) is 0 Å². The Kier molecular flexibility index (Phi) is 7.69. The van der Waals surface area contributed by atoms with Gasteiger partial charge < -0.3 is 14.7 Å². The van der Waals surface area contributed by atoms with Crippen LogP contribution in [0.2, 0.25) is 0 Å². The molecule has 1 N–H and O–H groups in total. The van der Waals surface area contributed by atoms with Crippen molar-refractivity contribution in [2.24, 2.45) is 0 Å². The molecule has 0 aliphatic rings. The summed E-state index contributed by atoms with van der Waals surface area (Å²) in [5.74, 6) is 0.388. The van der Waals surface area contributed by atoms with Crippen molar-refractivity contribution in [2.45, 2.75) is 12.6 Å². The fourth-order valence-corrected chi connectivity index (χ4v) is 3.29. The smallest absolute Gasteiger partial charge is 0.337 e. The normalized spacial score (nSPS) is 11.7. The maximum Gasteiger partial charge on any atom is 0.337 e. The zero-order chi connectivity index (χ0) is 18.9. The van der Waals surface area contributed by atoms with Gasteiger partial charge in [-0.05, 0) is 23.3 Å². The highest BCUT2D eigenvalue weighted by molar-refractivity contribution is 7.99.